The van der Waals surface area contributed by atoms with Crippen LogP contribution in [0.2, 0.25) is 0 Å². The fourth-order valence-corrected chi connectivity index (χ4v) is 2.88. The van der Waals surface area contributed by atoms with Crippen LogP contribution in [0.5, 0.6) is 0 Å². The number of amides is 1. The minimum atomic E-state index is -0.872. The van der Waals surface area contributed by atoms with Gasteiger partial charge in [-0.25, -0.2) is 0 Å². The summed E-state index contributed by atoms with van der Waals surface area (Å²) in [5, 5.41) is 12.2. The zero-order valence-corrected chi connectivity index (χ0v) is 11.9. The highest BCUT2D eigenvalue weighted by Crippen LogP contribution is 2.41. The van der Waals surface area contributed by atoms with Crippen molar-refractivity contribution in [3.05, 3.63) is 23.7 Å². The molecule has 0 unspecified atom stereocenters. The number of carbonyl (C=O) groups excluding carboxylic acids is 1. The zero-order chi connectivity index (χ0) is 14.8. The monoisotopic (exact) mass is 279 g/mol. The van der Waals surface area contributed by atoms with Gasteiger partial charge in [-0.2, -0.15) is 0 Å². The molecule has 1 aromatic heterocycles. The zero-order valence-electron chi connectivity index (χ0n) is 11.9. The van der Waals surface area contributed by atoms with E-state index in [0.29, 0.717) is 18.6 Å². The van der Waals surface area contributed by atoms with Crippen molar-refractivity contribution in [1.29, 1.82) is 0 Å². The fraction of sp³-hybridized carbons (Fsp3) is 0.600. The standard InChI is InChI=1S/C15H21NO4/c1-10-5-6-12(20-10)11(2)16-13(17)9-15(14(18)19)7-3-4-8-15/h5-6,11H,3-4,7-9H2,1-2H3,(H,16,17)(H,18,19)/t11-/m0/s1. The largest absolute Gasteiger partial charge is 0.481 e. The second-order valence-electron chi connectivity index (χ2n) is 5.71. The summed E-state index contributed by atoms with van der Waals surface area (Å²) in [4.78, 5) is 23.5. The van der Waals surface area contributed by atoms with Crippen molar-refractivity contribution in [2.24, 2.45) is 5.41 Å². The highest BCUT2D eigenvalue weighted by molar-refractivity contribution is 5.85. The van der Waals surface area contributed by atoms with Gasteiger partial charge >= 0.3 is 5.97 Å². The molecule has 0 aromatic carbocycles. The molecule has 1 amide bonds. The van der Waals surface area contributed by atoms with E-state index in [1.807, 2.05) is 26.0 Å². The van der Waals surface area contributed by atoms with E-state index in [9.17, 15) is 14.7 Å². The maximum atomic E-state index is 12.1. The van der Waals surface area contributed by atoms with Gasteiger partial charge in [0, 0.05) is 6.42 Å². The summed E-state index contributed by atoms with van der Waals surface area (Å²) >= 11 is 0. The molecule has 1 fully saturated rings. The normalized spacial score (nSPS) is 18.7. The smallest absolute Gasteiger partial charge is 0.310 e. The Hall–Kier alpha value is -1.78. The van der Waals surface area contributed by atoms with Crippen LogP contribution in [-0.4, -0.2) is 17.0 Å². The molecular weight excluding hydrogens is 258 g/mol. The Morgan fingerprint density at radius 1 is 1.40 bits per heavy atom. The van der Waals surface area contributed by atoms with Gasteiger partial charge in [0.15, 0.2) is 0 Å². The Morgan fingerprint density at radius 2 is 2.05 bits per heavy atom. The predicted octanol–water partition coefficient (Wildman–Crippen LogP) is 2.80. The van der Waals surface area contributed by atoms with Crippen molar-refractivity contribution in [1.82, 2.24) is 5.32 Å². The molecule has 1 aromatic rings. The van der Waals surface area contributed by atoms with E-state index < -0.39 is 11.4 Å². The van der Waals surface area contributed by atoms with E-state index in [2.05, 4.69) is 5.32 Å². The first-order valence-electron chi connectivity index (χ1n) is 7.02. The van der Waals surface area contributed by atoms with Crippen LogP contribution in [0.3, 0.4) is 0 Å². The lowest BCUT2D eigenvalue weighted by Gasteiger charge is -2.23. The topological polar surface area (TPSA) is 79.5 Å². The van der Waals surface area contributed by atoms with E-state index in [0.717, 1.165) is 18.6 Å². The van der Waals surface area contributed by atoms with Crippen LogP contribution in [0.15, 0.2) is 16.5 Å². The van der Waals surface area contributed by atoms with Crippen molar-refractivity contribution in [2.45, 2.75) is 52.0 Å². The third-order valence-corrected chi connectivity index (χ3v) is 4.08. The maximum absolute atomic E-state index is 12.1. The predicted molar refractivity (Wildman–Crippen MR) is 73.2 cm³/mol. The number of rotatable bonds is 5. The van der Waals surface area contributed by atoms with E-state index in [4.69, 9.17) is 4.42 Å². The van der Waals surface area contributed by atoms with Crippen LogP contribution in [0.25, 0.3) is 0 Å². The highest BCUT2D eigenvalue weighted by atomic mass is 16.4. The molecule has 1 aliphatic carbocycles. The van der Waals surface area contributed by atoms with Gasteiger partial charge in [-0.05, 0) is 38.8 Å². The molecule has 20 heavy (non-hydrogen) atoms. The summed E-state index contributed by atoms with van der Waals surface area (Å²) in [7, 11) is 0. The molecule has 0 bridgehead atoms. The van der Waals surface area contributed by atoms with E-state index in [1.54, 1.807) is 0 Å². The van der Waals surface area contributed by atoms with Crippen molar-refractivity contribution in [2.75, 3.05) is 0 Å². The van der Waals surface area contributed by atoms with Crippen molar-refractivity contribution in [3.63, 3.8) is 0 Å². The van der Waals surface area contributed by atoms with Gasteiger partial charge in [0.1, 0.15) is 11.5 Å². The summed E-state index contributed by atoms with van der Waals surface area (Å²) < 4.78 is 5.46. The second kappa shape index (κ2) is 5.69. The number of carbonyl (C=O) groups is 2. The van der Waals surface area contributed by atoms with Crippen molar-refractivity contribution in [3.8, 4) is 0 Å². The van der Waals surface area contributed by atoms with E-state index >= 15 is 0 Å². The van der Waals surface area contributed by atoms with Crippen molar-refractivity contribution < 1.29 is 19.1 Å². The number of aryl methyl sites for hydroxylation is 1. The summed E-state index contributed by atoms with van der Waals surface area (Å²) in [6.45, 7) is 3.67. The molecule has 5 nitrogen and oxygen atoms in total. The lowest BCUT2D eigenvalue weighted by molar-refractivity contribution is -0.151. The first kappa shape index (κ1) is 14.6. The fourth-order valence-electron chi connectivity index (χ4n) is 2.88. The maximum Gasteiger partial charge on any atom is 0.310 e. The van der Waals surface area contributed by atoms with Gasteiger partial charge in [0.05, 0.1) is 11.5 Å². The number of carboxylic acids is 1. The Labute approximate surface area is 118 Å². The van der Waals surface area contributed by atoms with E-state index in [-0.39, 0.29) is 18.4 Å². The number of nitrogens with one attached hydrogen (secondary N) is 1. The van der Waals surface area contributed by atoms with Gasteiger partial charge in [0.25, 0.3) is 0 Å². The van der Waals surface area contributed by atoms with Crippen LogP contribution >= 0.6 is 0 Å². The molecule has 2 rings (SSSR count). The average Bonchev–Trinajstić information content (AvgIpc) is 2.98. The third-order valence-electron chi connectivity index (χ3n) is 4.08. The van der Waals surface area contributed by atoms with Gasteiger partial charge in [-0.3, -0.25) is 9.59 Å². The van der Waals surface area contributed by atoms with Crippen LogP contribution in [0.4, 0.5) is 0 Å². The SMILES string of the molecule is Cc1ccc([C@H](C)NC(=O)CC2(C(=O)O)CCCC2)o1. The van der Waals surface area contributed by atoms with Gasteiger partial charge in [-0.15, -0.1) is 0 Å². The molecule has 1 aliphatic rings. The summed E-state index contributed by atoms with van der Waals surface area (Å²) in [5.41, 5.74) is -0.872. The van der Waals surface area contributed by atoms with Crippen molar-refractivity contribution >= 4 is 11.9 Å². The highest BCUT2D eigenvalue weighted by Gasteiger charge is 2.43. The summed E-state index contributed by atoms with van der Waals surface area (Å²) in [6, 6.07) is 3.42. The molecule has 5 heteroatoms. The van der Waals surface area contributed by atoms with Crippen LogP contribution in [-0.2, 0) is 9.59 Å². The molecule has 1 atom stereocenters. The molecule has 1 heterocycles. The third kappa shape index (κ3) is 3.03. The van der Waals surface area contributed by atoms with E-state index in [1.165, 1.54) is 0 Å². The summed E-state index contributed by atoms with van der Waals surface area (Å²) in [6.07, 6.45) is 2.99. The lowest BCUT2D eigenvalue weighted by Crippen LogP contribution is -2.36. The Morgan fingerprint density at radius 3 is 2.55 bits per heavy atom. The molecule has 0 saturated heterocycles. The summed E-state index contributed by atoms with van der Waals surface area (Å²) in [5.74, 6) is 0.396. The Balaban J connectivity index is 1.96. The number of carboxylic acid groups (broad SMARTS) is 1. The first-order chi connectivity index (χ1) is 9.43. The number of hydrogen-bond donors (Lipinski definition) is 2. The van der Waals surface area contributed by atoms with Crippen LogP contribution < -0.4 is 5.32 Å². The van der Waals surface area contributed by atoms with Crippen LogP contribution in [0.1, 0.15) is 56.6 Å². The average molecular weight is 279 g/mol. The Bertz CT molecular complexity index is 500. The molecule has 110 valence electrons. The Kier molecular flexibility index (Phi) is 4.16. The molecule has 2 N–H and O–H groups in total. The van der Waals surface area contributed by atoms with Crippen LogP contribution in [0, 0.1) is 12.3 Å². The molecule has 0 spiro atoms. The minimum absolute atomic E-state index is 0.0480. The first-order valence-corrected chi connectivity index (χ1v) is 7.02. The lowest BCUT2D eigenvalue weighted by atomic mass is 9.82. The number of furan rings is 1. The molecular formula is C15H21NO4. The van der Waals surface area contributed by atoms with Gasteiger partial charge in [-0.1, -0.05) is 12.8 Å². The van der Waals surface area contributed by atoms with Gasteiger partial charge < -0.3 is 14.8 Å². The number of aliphatic carboxylic acids is 1. The second-order valence-corrected chi connectivity index (χ2v) is 5.71. The minimum Gasteiger partial charge on any atom is -0.481 e. The molecule has 0 radical (unpaired) electrons. The molecule has 0 aliphatic heterocycles. The molecule has 1 saturated carbocycles. The quantitative estimate of drug-likeness (QED) is 0.868. The van der Waals surface area contributed by atoms with Gasteiger partial charge in [0.2, 0.25) is 5.91 Å². The number of hydrogen-bond acceptors (Lipinski definition) is 3.